The van der Waals surface area contributed by atoms with Crippen LogP contribution in [0.15, 0.2) is 42.5 Å². The fourth-order valence-electron chi connectivity index (χ4n) is 2.14. The van der Waals surface area contributed by atoms with Gasteiger partial charge >= 0.3 is 0 Å². The number of benzene rings is 2. The Bertz CT molecular complexity index is 594. The number of carbonyl (C=O) groups excluding carboxylic acids is 1. The molecule has 3 N–H and O–H groups in total. The van der Waals surface area contributed by atoms with Gasteiger partial charge in [0, 0.05) is 6.54 Å². The summed E-state index contributed by atoms with van der Waals surface area (Å²) in [4.78, 5) is 12.1. The third-order valence-electron chi connectivity index (χ3n) is 3.69. The van der Waals surface area contributed by atoms with Gasteiger partial charge in [0.05, 0.1) is 5.92 Å². The summed E-state index contributed by atoms with van der Waals surface area (Å²) in [7, 11) is 0. The lowest BCUT2D eigenvalue weighted by Gasteiger charge is -2.15. The van der Waals surface area contributed by atoms with Crippen LogP contribution < -0.4 is 11.1 Å². The van der Waals surface area contributed by atoms with Crippen molar-refractivity contribution in [2.45, 2.75) is 19.8 Å². The van der Waals surface area contributed by atoms with Gasteiger partial charge in [0.15, 0.2) is 0 Å². The number of hydrogen-bond acceptors (Lipinski definition) is 2. The van der Waals surface area contributed by atoms with Crippen LogP contribution in [0.1, 0.15) is 25.3 Å². The van der Waals surface area contributed by atoms with Crippen molar-refractivity contribution in [3.63, 3.8) is 0 Å². The van der Waals surface area contributed by atoms with E-state index in [-0.39, 0.29) is 11.8 Å². The molecule has 0 heterocycles. The first-order valence-corrected chi connectivity index (χ1v) is 7.08. The molecule has 1 amide bonds. The lowest BCUT2D eigenvalue weighted by atomic mass is 9.97. The molecular weight excluding hydrogens is 248 g/mol. The second-order valence-electron chi connectivity index (χ2n) is 5.41. The van der Waals surface area contributed by atoms with Gasteiger partial charge in [-0.3, -0.25) is 4.79 Å². The molecule has 0 aliphatic heterocycles. The molecule has 0 radical (unpaired) electrons. The molecular formula is C17H22N2O. The van der Waals surface area contributed by atoms with Crippen LogP contribution in [0.4, 0.5) is 0 Å². The van der Waals surface area contributed by atoms with Crippen molar-refractivity contribution in [1.82, 2.24) is 5.32 Å². The summed E-state index contributed by atoms with van der Waals surface area (Å²) in [5.74, 6) is 0.216. The molecule has 2 unspecified atom stereocenters. The van der Waals surface area contributed by atoms with Crippen LogP contribution in [0.5, 0.6) is 0 Å². The maximum absolute atomic E-state index is 12.1. The molecule has 2 rings (SSSR count). The summed E-state index contributed by atoms with van der Waals surface area (Å²) < 4.78 is 0. The topological polar surface area (TPSA) is 55.1 Å². The molecule has 2 aromatic carbocycles. The monoisotopic (exact) mass is 270 g/mol. The molecule has 3 heteroatoms. The van der Waals surface area contributed by atoms with Gasteiger partial charge in [0.1, 0.15) is 0 Å². The van der Waals surface area contributed by atoms with Gasteiger partial charge in [0.25, 0.3) is 0 Å². The van der Waals surface area contributed by atoms with Gasteiger partial charge in [-0.05, 0) is 35.7 Å². The van der Waals surface area contributed by atoms with E-state index in [1.54, 1.807) is 0 Å². The Morgan fingerprint density at radius 1 is 1.15 bits per heavy atom. The molecule has 0 aliphatic carbocycles. The number of amides is 1. The van der Waals surface area contributed by atoms with Gasteiger partial charge in [-0.15, -0.1) is 0 Å². The van der Waals surface area contributed by atoms with Crippen molar-refractivity contribution < 1.29 is 4.79 Å². The highest BCUT2D eigenvalue weighted by atomic mass is 16.1. The van der Waals surface area contributed by atoms with E-state index in [4.69, 9.17) is 5.73 Å². The first kappa shape index (κ1) is 14.5. The van der Waals surface area contributed by atoms with E-state index >= 15 is 0 Å². The quantitative estimate of drug-likeness (QED) is 0.877. The normalized spacial score (nSPS) is 13.9. The van der Waals surface area contributed by atoms with E-state index in [1.807, 2.05) is 32.0 Å². The predicted molar refractivity (Wildman–Crippen MR) is 83.6 cm³/mol. The molecule has 0 saturated heterocycles. The Kier molecular flexibility index (Phi) is 4.74. The SMILES string of the molecule is CC(CN)CNC(=O)C(C)c1ccc2ccccc2c1. The maximum atomic E-state index is 12.1. The third kappa shape index (κ3) is 3.36. The van der Waals surface area contributed by atoms with Gasteiger partial charge in [-0.2, -0.15) is 0 Å². The van der Waals surface area contributed by atoms with E-state index in [1.165, 1.54) is 10.8 Å². The Morgan fingerprint density at radius 3 is 2.55 bits per heavy atom. The van der Waals surface area contributed by atoms with Gasteiger partial charge in [-0.1, -0.05) is 49.4 Å². The largest absolute Gasteiger partial charge is 0.355 e. The van der Waals surface area contributed by atoms with Crippen molar-refractivity contribution in [2.24, 2.45) is 11.7 Å². The van der Waals surface area contributed by atoms with Crippen molar-refractivity contribution in [3.8, 4) is 0 Å². The summed E-state index contributed by atoms with van der Waals surface area (Å²) in [6.07, 6.45) is 0. The minimum Gasteiger partial charge on any atom is -0.355 e. The van der Waals surface area contributed by atoms with Crippen LogP contribution >= 0.6 is 0 Å². The lowest BCUT2D eigenvalue weighted by molar-refractivity contribution is -0.122. The van der Waals surface area contributed by atoms with Gasteiger partial charge in [-0.25, -0.2) is 0 Å². The molecule has 0 fully saturated rings. The summed E-state index contributed by atoms with van der Waals surface area (Å²) in [5.41, 5.74) is 6.60. The standard InChI is InChI=1S/C17H22N2O/c1-12(10-18)11-19-17(20)13(2)15-8-7-14-5-3-4-6-16(14)9-15/h3-9,12-13H,10-11,18H2,1-2H3,(H,19,20). The zero-order valence-corrected chi connectivity index (χ0v) is 12.1. The Balaban J connectivity index is 2.10. The molecule has 0 saturated carbocycles. The number of hydrogen-bond donors (Lipinski definition) is 2. The fraction of sp³-hybridized carbons (Fsp3) is 0.353. The second-order valence-corrected chi connectivity index (χ2v) is 5.41. The van der Waals surface area contributed by atoms with Crippen LogP contribution in [0, 0.1) is 5.92 Å². The van der Waals surface area contributed by atoms with Crippen molar-refractivity contribution in [1.29, 1.82) is 0 Å². The summed E-state index contributed by atoms with van der Waals surface area (Å²) in [6.45, 7) is 5.19. The first-order valence-electron chi connectivity index (χ1n) is 7.08. The molecule has 2 aromatic rings. The van der Waals surface area contributed by atoms with Gasteiger partial charge < -0.3 is 11.1 Å². The lowest BCUT2D eigenvalue weighted by Crippen LogP contribution is -2.33. The first-order chi connectivity index (χ1) is 9.61. The van der Waals surface area contributed by atoms with E-state index < -0.39 is 0 Å². The predicted octanol–water partition coefficient (Wildman–Crippen LogP) is 2.65. The molecule has 20 heavy (non-hydrogen) atoms. The third-order valence-corrected chi connectivity index (χ3v) is 3.69. The molecule has 0 aromatic heterocycles. The van der Waals surface area contributed by atoms with E-state index in [0.717, 1.165) is 5.56 Å². The number of nitrogens with two attached hydrogens (primary N) is 1. The minimum absolute atomic E-state index is 0.0561. The fourth-order valence-corrected chi connectivity index (χ4v) is 2.14. The minimum atomic E-state index is -0.149. The molecule has 0 bridgehead atoms. The highest BCUT2D eigenvalue weighted by Gasteiger charge is 2.15. The highest BCUT2D eigenvalue weighted by Crippen LogP contribution is 2.21. The molecule has 0 aliphatic rings. The van der Waals surface area contributed by atoms with Crippen LogP contribution in [-0.2, 0) is 4.79 Å². The van der Waals surface area contributed by atoms with E-state index in [9.17, 15) is 4.79 Å². The Morgan fingerprint density at radius 2 is 1.85 bits per heavy atom. The van der Waals surface area contributed by atoms with E-state index in [0.29, 0.717) is 19.0 Å². The Hall–Kier alpha value is -1.87. The average molecular weight is 270 g/mol. The van der Waals surface area contributed by atoms with E-state index in [2.05, 4.69) is 29.6 Å². The van der Waals surface area contributed by atoms with Crippen LogP contribution in [0.3, 0.4) is 0 Å². The summed E-state index contributed by atoms with van der Waals surface area (Å²) >= 11 is 0. The van der Waals surface area contributed by atoms with Crippen molar-refractivity contribution >= 4 is 16.7 Å². The maximum Gasteiger partial charge on any atom is 0.227 e. The van der Waals surface area contributed by atoms with Crippen molar-refractivity contribution in [2.75, 3.05) is 13.1 Å². The zero-order chi connectivity index (χ0) is 14.5. The van der Waals surface area contributed by atoms with Crippen LogP contribution in [0.2, 0.25) is 0 Å². The van der Waals surface area contributed by atoms with Crippen LogP contribution in [-0.4, -0.2) is 19.0 Å². The molecule has 0 spiro atoms. The molecule has 3 nitrogen and oxygen atoms in total. The summed E-state index contributed by atoms with van der Waals surface area (Å²) in [6, 6.07) is 14.4. The number of rotatable bonds is 5. The zero-order valence-electron chi connectivity index (χ0n) is 12.1. The Labute approximate surface area is 120 Å². The van der Waals surface area contributed by atoms with Gasteiger partial charge in [0.2, 0.25) is 5.91 Å². The average Bonchev–Trinajstić information content (AvgIpc) is 2.50. The number of fused-ring (bicyclic) bond motifs is 1. The van der Waals surface area contributed by atoms with Crippen LogP contribution in [0.25, 0.3) is 10.8 Å². The number of nitrogens with one attached hydrogen (secondary N) is 1. The van der Waals surface area contributed by atoms with Crippen molar-refractivity contribution in [3.05, 3.63) is 48.0 Å². The second kappa shape index (κ2) is 6.53. The highest BCUT2D eigenvalue weighted by molar-refractivity contribution is 5.87. The molecule has 2 atom stereocenters. The number of carbonyl (C=O) groups is 1. The summed E-state index contributed by atoms with van der Waals surface area (Å²) in [5, 5.41) is 5.32. The smallest absolute Gasteiger partial charge is 0.227 e. The molecule has 106 valence electrons.